The Hall–Kier alpha value is -3.06. The van der Waals surface area contributed by atoms with E-state index in [2.05, 4.69) is 39.5 Å². The number of piperidine rings is 1. The van der Waals surface area contributed by atoms with Crippen molar-refractivity contribution in [2.24, 2.45) is 0 Å². The predicted octanol–water partition coefficient (Wildman–Crippen LogP) is 3.77. The monoisotopic (exact) mass is 418 g/mol. The van der Waals surface area contributed by atoms with E-state index < -0.39 is 0 Å². The molecule has 4 rings (SSSR count). The summed E-state index contributed by atoms with van der Waals surface area (Å²) in [4.78, 5) is 30.1. The molecule has 1 amide bonds. The summed E-state index contributed by atoms with van der Waals surface area (Å²) in [5, 5.41) is 4.35. The summed E-state index contributed by atoms with van der Waals surface area (Å²) >= 11 is 0. The van der Waals surface area contributed by atoms with Crippen LogP contribution in [0.1, 0.15) is 49.3 Å². The zero-order valence-corrected chi connectivity index (χ0v) is 18.5. The Labute approximate surface area is 183 Å². The highest BCUT2D eigenvalue weighted by atomic mass is 16.2. The highest BCUT2D eigenvalue weighted by Crippen LogP contribution is 2.32. The largest absolute Gasteiger partial charge is 0.373 e. The second-order valence-corrected chi connectivity index (χ2v) is 8.20. The number of amides is 1. The summed E-state index contributed by atoms with van der Waals surface area (Å²) in [6.07, 6.45) is 5.20. The van der Waals surface area contributed by atoms with Crippen LogP contribution in [-0.2, 0) is 17.9 Å². The van der Waals surface area contributed by atoms with Crippen molar-refractivity contribution in [2.45, 2.75) is 45.3 Å². The number of fused-ring (bicyclic) bond motifs is 1. The van der Waals surface area contributed by atoms with E-state index in [0.29, 0.717) is 6.54 Å². The maximum absolute atomic E-state index is 11.7. The maximum Gasteiger partial charge on any atom is 0.219 e. The summed E-state index contributed by atoms with van der Waals surface area (Å²) in [5.74, 6) is 1.64. The summed E-state index contributed by atoms with van der Waals surface area (Å²) < 4.78 is 0. The molecule has 3 aromatic rings. The van der Waals surface area contributed by atoms with Gasteiger partial charge < -0.3 is 10.2 Å². The number of hydrogen-bond acceptors (Lipinski definition) is 6. The Balaban J connectivity index is 1.64. The molecule has 1 saturated heterocycles. The van der Waals surface area contributed by atoms with E-state index in [1.807, 2.05) is 25.4 Å². The molecular formula is C24H30N6O. The fourth-order valence-electron chi connectivity index (χ4n) is 4.23. The Morgan fingerprint density at radius 1 is 1.23 bits per heavy atom. The van der Waals surface area contributed by atoms with Gasteiger partial charge >= 0.3 is 0 Å². The molecule has 31 heavy (non-hydrogen) atoms. The van der Waals surface area contributed by atoms with Crippen molar-refractivity contribution in [1.82, 2.24) is 24.8 Å². The van der Waals surface area contributed by atoms with Gasteiger partial charge in [-0.25, -0.2) is 9.97 Å². The van der Waals surface area contributed by atoms with E-state index in [4.69, 9.17) is 9.97 Å². The van der Waals surface area contributed by atoms with Crippen molar-refractivity contribution >= 4 is 22.6 Å². The minimum atomic E-state index is 0.0232. The lowest BCUT2D eigenvalue weighted by Gasteiger charge is -2.35. The Bertz CT molecular complexity index is 1060. The third kappa shape index (κ3) is 4.82. The number of pyridine rings is 1. The van der Waals surface area contributed by atoms with Crippen LogP contribution in [0.3, 0.4) is 0 Å². The van der Waals surface area contributed by atoms with Crippen molar-refractivity contribution < 1.29 is 4.79 Å². The number of aromatic nitrogens is 3. The second kappa shape index (κ2) is 9.39. The molecule has 1 aromatic carbocycles. The van der Waals surface area contributed by atoms with E-state index in [0.717, 1.165) is 48.8 Å². The van der Waals surface area contributed by atoms with Gasteiger partial charge in [-0.05, 0) is 37.1 Å². The summed E-state index contributed by atoms with van der Waals surface area (Å²) in [5.41, 5.74) is 3.15. The molecular weight excluding hydrogens is 388 g/mol. The minimum Gasteiger partial charge on any atom is -0.373 e. The van der Waals surface area contributed by atoms with Gasteiger partial charge in [0.05, 0.1) is 23.8 Å². The van der Waals surface area contributed by atoms with E-state index >= 15 is 0 Å². The zero-order chi connectivity index (χ0) is 21.8. The van der Waals surface area contributed by atoms with E-state index in [1.165, 1.54) is 17.4 Å². The number of likely N-dealkylation sites (tertiary alicyclic amines) is 1. The molecule has 3 heterocycles. The number of hydrogen-bond donors (Lipinski definition) is 1. The number of rotatable bonds is 6. The van der Waals surface area contributed by atoms with Crippen LogP contribution >= 0.6 is 0 Å². The highest BCUT2D eigenvalue weighted by molar-refractivity contribution is 5.81. The number of carbonyl (C=O) groups excluding carboxylic acids is 1. The average molecular weight is 419 g/mol. The molecule has 0 saturated carbocycles. The molecule has 0 radical (unpaired) electrons. The number of benzene rings is 1. The standard InChI is InChI=1S/C24H30N6O/c1-17(31)29(3)16-19-14-23(25-2)28-24(27-19)22-11-4-5-13-30(22)15-18-8-6-10-21-20(18)9-7-12-26-21/h6-10,12,14,22H,4-5,11,13,15-16H2,1-3H3,(H,25,27,28). The van der Waals surface area contributed by atoms with E-state index in [-0.39, 0.29) is 11.9 Å². The first-order chi connectivity index (χ1) is 15.0. The van der Waals surface area contributed by atoms with Gasteiger partial charge in [-0.2, -0.15) is 0 Å². The van der Waals surface area contributed by atoms with Crippen molar-refractivity contribution in [3.8, 4) is 0 Å². The van der Waals surface area contributed by atoms with Gasteiger partial charge in [-0.15, -0.1) is 0 Å². The van der Waals surface area contributed by atoms with Crippen molar-refractivity contribution in [2.75, 3.05) is 26.0 Å². The van der Waals surface area contributed by atoms with Crippen LogP contribution in [-0.4, -0.2) is 51.3 Å². The minimum absolute atomic E-state index is 0.0232. The number of nitrogens with zero attached hydrogens (tertiary/aromatic N) is 5. The third-order valence-electron chi connectivity index (χ3n) is 6.01. The van der Waals surface area contributed by atoms with Gasteiger partial charge in [-0.1, -0.05) is 24.6 Å². The maximum atomic E-state index is 11.7. The number of carbonyl (C=O) groups is 1. The topological polar surface area (TPSA) is 74.2 Å². The first-order valence-corrected chi connectivity index (χ1v) is 10.9. The molecule has 1 N–H and O–H groups in total. The molecule has 0 aliphatic carbocycles. The number of anilines is 1. The summed E-state index contributed by atoms with van der Waals surface area (Å²) in [6, 6.07) is 12.5. The smallest absolute Gasteiger partial charge is 0.219 e. The van der Waals surface area contributed by atoms with Crippen molar-refractivity contribution in [3.05, 3.63) is 59.7 Å². The lowest BCUT2D eigenvalue weighted by molar-refractivity contribution is -0.128. The van der Waals surface area contributed by atoms with Crippen LogP contribution in [0.5, 0.6) is 0 Å². The third-order valence-corrected chi connectivity index (χ3v) is 6.01. The van der Waals surface area contributed by atoms with Gasteiger partial charge in [0.15, 0.2) is 0 Å². The molecule has 0 bridgehead atoms. The van der Waals surface area contributed by atoms with Gasteiger partial charge in [0.1, 0.15) is 11.6 Å². The molecule has 7 nitrogen and oxygen atoms in total. The molecule has 0 spiro atoms. The van der Waals surface area contributed by atoms with Crippen LogP contribution in [0, 0.1) is 0 Å². The van der Waals surface area contributed by atoms with E-state index in [9.17, 15) is 4.79 Å². The lowest BCUT2D eigenvalue weighted by Crippen LogP contribution is -2.34. The van der Waals surface area contributed by atoms with Gasteiger partial charge in [-0.3, -0.25) is 14.7 Å². The molecule has 7 heteroatoms. The van der Waals surface area contributed by atoms with Gasteiger partial charge in [0.25, 0.3) is 0 Å². The summed E-state index contributed by atoms with van der Waals surface area (Å²) in [7, 11) is 3.66. The SMILES string of the molecule is CNc1cc(CN(C)C(C)=O)nc(C2CCCCN2Cc2cccc3ncccc23)n1. The summed E-state index contributed by atoms with van der Waals surface area (Å²) in [6.45, 7) is 3.89. The molecule has 1 aliphatic rings. The van der Waals surface area contributed by atoms with Crippen LogP contribution in [0.15, 0.2) is 42.6 Å². The second-order valence-electron chi connectivity index (χ2n) is 8.20. The first kappa shape index (κ1) is 21.2. The van der Waals surface area contributed by atoms with Gasteiger partial charge in [0.2, 0.25) is 5.91 Å². The Morgan fingerprint density at radius 2 is 2.10 bits per heavy atom. The number of nitrogens with one attached hydrogen (secondary N) is 1. The molecule has 1 atom stereocenters. The molecule has 1 unspecified atom stereocenters. The van der Waals surface area contributed by atoms with Crippen LogP contribution in [0.2, 0.25) is 0 Å². The highest BCUT2D eigenvalue weighted by Gasteiger charge is 2.27. The zero-order valence-electron chi connectivity index (χ0n) is 18.5. The average Bonchev–Trinajstić information content (AvgIpc) is 2.79. The fourth-order valence-corrected chi connectivity index (χ4v) is 4.23. The van der Waals surface area contributed by atoms with Gasteiger partial charge in [0, 0.05) is 45.2 Å². The van der Waals surface area contributed by atoms with Crippen molar-refractivity contribution in [1.29, 1.82) is 0 Å². The van der Waals surface area contributed by atoms with Crippen LogP contribution in [0.25, 0.3) is 10.9 Å². The first-order valence-electron chi connectivity index (χ1n) is 10.9. The molecule has 162 valence electrons. The predicted molar refractivity (Wildman–Crippen MR) is 122 cm³/mol. The Kier molecular flexibility index (Phi) is 6.42. The lowest BCUT2D eigenvalue weighted by atomic mass is 9.99. The Morgan fingerprint density at radius 3 is 2.90 bits per heavy atom. The molecule has 1 aliphatic heterocycles. The van der Waals surface area contributed by atoms with Crippen molar-refractivity contribution in [3.63, 3.8) is 0 Å². The normalized spacial score (nSPS) is 16.9. The van der Waals surface area contributed by atoms with E-state index in [1.54, 1.807) is 18.9 Å². The quantitative estimate of drug-likeness (QED) is 0.657. The van der Waals surface area contributed by atoms with Crippen LogP contribution in [0.4, 0.5) is 5.82 Å². The molecule has 1 fully saturated rings. The fraction of sp³-hybridized carbons (Fsp3) is 0.417. The van der Waals surface area contributed by atoms with Crippen LogP contribution < -0.4 is 5.32 Å². The molecule has 2 aromatic heterocycles.